The lowest BCUT2D eigenvalue weighted by molar-refractivity contribution is 0.112. The molecule has 0 aliphatic heterocycles. The Kier molecular flexibility index (Phi) is 3.16. The van der Waals surface area contributed by atoms with Crippen LogP contribution in [0.5, 0.6) is 0 Å². The van der Waals surface area contributed by atoms with Crippen LogP contribution < -0.4 is 5.14 Å². The lowest BCUT2D eigenvalue weighted by Crippen LogP contribution is -2.13. The predicted molar refractivity (Wildman–Crippen MR) is 53.2 cm³/mol. The van der Waals surface area contributed by atoms with E-state index in [-0.39, 0.29) is 20.5 Å². The highest BCUT2D eigenvalue weighted by atomic mass is 35.5. The third kappa shape index (κ3) is 2.24. The lowest BCUT2D eigenvalue weighted by Gasteiger charge is -2.04. The largest absolute Gasteiger partial charge is 0.298 e. The highest BCUT2D eigenvalue weighted by molar-refractivity contribution is 7.89. The van der Waals surface area contributed by atoms with E-state index >= 15 is 0 Å². The smallest absolute Gasteiger partial charge is 0.239 e. The van der Waals surface area contributed by atoms with E-state index in [1.54, 1.807) is 0 Å². The van der Waals surface area contributed by atoms with Crippen LogP contribution in [0.15, 0.2) is 17.0 Å². The Morgan fingerprint density at radius 1 is 1.29 bits per heavy atom. The van der Waals surface area contributed by atoms with Gasteiger partial charge in [-0.15, -0.1) is 0 Å². The molecule has 0 aliphatic carbocycles. The number of primary sulfonamides is 1. The fourth-order valence-electron chi connectivity index (χ4n) is 0.877. The van der Waals surface area contributed by atoms with Gasteiger partial charge in [0.2, 0.25) is 10.0 Å². The fourth-order valence-corrected chi connectivity index (χ4v) is 2.30. The Balaban J connectivity index is 3.61. The summed E-state index contributed by atoms with van der Waals surface area (Å²) in [7, 11) is -3.96. The van der Waals surface area contributed by atoms with Crippen LogP contribution in [-0.4, -0.2) is 14.7 Å². The van der Waals surface area contributed by atoms with Crippen LogP contribution in [0.1, 0.15) is 10.4 Å². The van der Waals surface area contributed by atoms with Gasteiger partial charge in [-0.25, -0.2) is 13.6 Å². The first-order chi connectivity index (χ1) is 6.36. The molecule has 7 heteroatoms. The molecule has 14 heavy (non-hydrogen) atoms. The summed E-state index contributed by atoms with van der Waals surface area (Å²) in [4.78, 5) is 10.1. The number of sulfonamides is 1. The number of carbonyl (C=O) groups excluding carboxylic acids is 1. The summed E-state index contributed by atoms with van der Waals surface area (Å²) >= 11 is 11.2. The van der Waals surface area contributed by atoms with Gasteiger partial charge in [0.05, 0.1) is 5.02 Å². The Morgan fingerprint density at radius 3 is 2.29 bits per heavy atom. The minimum atomic E-state index is -3.96. The van der Waals surface area contributed by atoms with Gasteiger partial charge in [0.25, 0.3) is 0 Å². The molecule has 0 unspecified atom stereocenters. The van der Waals surface area contributed by atoms with Gasteiger partial charge in [0, 0.05) is 10.6 Å². The highest BCUT2D eigenvalue weighted by Crippen LogP contribution is 2.27. The number of hydrogen-bond donors (Lipinski definition) is 1. The van der Waals surface area contributed by atoms with Gasteiger partial charge < -0.3 is 0 Å². The van der Waals surface area contributed by atoms with E-state index in [0.717, 1.165) is 6.07 Å². The van der Waals surface area contributed by atoms with Gasteiger partial charge in [-0.2, -0.15) is 0 Å². The molecule has 2 N–H and O–H groups in total. The van der Waals surface area contributed by atoms with Crippen molar-refractivity contribution < 1.29 is 13.2 Å². The van der Waals surface area contributed by atoms with Crippen LogP contribution >= 0.6 is 23.2 Å². The van der Waals surface area contributed by atoms with Gasteiger partial charge in [0.1, 0.15) is 4.90 Å². The average Bonchev–Trinajstić information content (AvgIpc) is 2.06. The fraction of sp³-hybridized carbons (Fsp3) is 0. The molecule has 0 heterocycles. The summed E-state index contributed by atoms with van der Waals surface area (Å²) in [5.74, 6) is 0. The molecule has 76 valence electrons. The van der Waals surface area contributed by atoms with Crippen LogP contribution in [0.3, 0.4) is 0 Å². The zero-order valence-corrected chi connectivity index (χ0v) is 9.03. The lowest BCUT2D eigenvalue weighted by atomic mass is 10.2. The van der Waals surface area contributed by atoms with Crippen molar-refractivity contribution in [1.29, 1.82) is 0 Å². The van der Waals surface area contributed by atoms with Gasteiger partial charge in [0.15, 0.2) is 6.29 Å². The van der Waals surface area contributed by atoms with Crippen molar-refractivity contribution in [3.8, 4) is 0 Å². The zero-order valence-electron chi connectivity index (χ0n) is 6.70. The van der Waals surface area contributed by atoms with E-state index in [4.69, 9.17) is 28.3 Å². The normalized spacial score (nSPS) is 11.4. The Hall–Kier alpha value is -0.620. The van der Waals surface area contributed by atoms with Crippen molar-refractivity contribution in [3.63, 3.8) is 0 Å². The molecule has 0 radical (unpaired) electrons. The first-order valence-corrected chi connectivity index (χ1v) is 5.63. The van der Waals surface area contributed by atoms with E-state index in [0.29, 0.717) is 6.29 Å². The molecule has 0 bridgehead atoms. The van der Waals surface area contributed by atoms with Crippen molar-refractivity contribution in [3.05, 3.63) is 27.7 Å². The molecule has 1 aromatic carbocycles. The van der Waals surface area contributed by atoms with Crippen LogP contribution in [0, 0.1) is 0 Å². The summed E-state index contributed by atoms with van der Waals surface area (Å²) in [6.45, 7) is 0. The van der Waals surface area contributed by atoms with Crippen LogP contribution in [0.25, 0.3) is 0 Å². The first kappa shape index (κ1) is 11.5. The summed E-state index contributed by atoms with van der Waals surface area (Å²) < 4.78 is 22.0. The number of aldehydes is 1. The van der Waals surface area contributed by atoms with Crippen molar-refractivity contribution in [2.75, 3.05) is 0 Å². The maximum atomic E-state index is 11.0. The third-order valence-electron chi connectivity index (χ3n) is 1.47. The van der Waals surface area contributed by atoms with Crippen molar-refractivity contribution >= 4 is 39.5 Å². The first-order valence-electron chi connectivity index (χ1n) is 3.33. The van der Waals surface area contributed by atoms with E-state index < -0.39 is 10.0 Å². The summed E-state index contributed by atoms with van der Waals surface area (Å²) in [5.41, 5.74) is -0.0109. The quantitative estimate of drug-likeness (QED) is 0.811. The predicted octanol–water partition coefficient (Wildman–Crippen LogP) is 1.45. The molecule has 0 saturated heterocycles. The van der Waals surface area contributed by atoms with Gasteiger partial charge >= 0.3 is 0 Å². The van der Waals surface area contributed by atoms with E-state index in [2.05, 4.69) is 0 Å². The van der Waals surface area contributed by atoms with E-state index in [1.165, 1.54) is 6.07 Å². The minimum Gasteiger partial charge on any atom is -0.298 e. The molecule has 0 amide bonds. The van der Waals surface area contributed by atoms with Crippen molar-refractivity contribution in [2.24, 2.45) is 5.14 Å². The molecular formula is C7H5Cl2NO3S. The van der Waals surface area contributed by atoms with Crippen LogP contribution in [0.4, 0.5) is 0 Å². The molecule has 0 saturated carbocycles. The third-order valence-corrected chi connectivity index (χ3v) is 3.15. The number of rotatable bonds is 2. The van der Waals surface area contributed by atoms with Crippen LogP contribution in [-0.2, 0) is 10.0 Å². The second-order valence-electron chi connectivity index (χ2n) is 2.47. The number of carbonyl (C=O) groups is 1. The molecule has 4 nitrogen and oxygen atoms in total. The van der Waals surface area contributed by atoms with Crippen LogP contribution in [0.2, 0.25) is 10.0 Å². The zero-order chi connectivity index (χ0) is 10.9. The second-order valence-corrected chi connectivity index (χ2v) is 4.81. The number of benzene rings is 1. The second kappa shape index (κ2) is 3.86. The molecular weight excluding hydrogens is 249 g/mol. The SMILES string of the molecule is NS(=O)(=O)c1cc(Cl)cc(C=O)c1Cl. The molecule has 1 aromatic rings. The van der Waals surface area contributed by atoms with Gasteiger partial charge in [-0.1, -0.05) is 23.2 Å². The van der Waals surface area contributed by atoms with Gasteiger partial charge in [-0.3, -0.25) is 4.79 Å². The summed E-state index contributed by atoms with van der Waals surface area (Å²) in [5, 5.41) is 4.73. The van der Waals surface area contributed by atoms with Crippen molar-refractivity contribution in [2.45, 2.75) is 4.90 Å². The highest BCUT2D eigenvalue weighted by Gasteiger charge is 2.16. The maximum absolute atomic E-state index is 11.0. The van der Waals surface area contributed by atoms with E-state index in [9.17, 15) is 13.2 Å². The van der Waals surface area contributed by atoms with Gasteiger partial charge in [-0.05, 0) is 12.1 Å². The number of hydrogen-bond acceptors (Lipinski definition) is 3. The summed E-state index contributed by atoms with van der Waals surface area (Å²) in [6, 6.07) is 2.35. The standard InChI is InChI=1S/C7H5Cl2NO3S/c8-5-1-4(3-11)7(9)6(2-5)14(10,12)13/h1-3H,(H2,10,12,13). The Morgan fingerprint density at radius 2 is 1.86 bits per heavy atom. The molecule has 0 aromatic heterocycles. The van der Waals surface area contributed by atoms with Crippen molar-refractivity contribution in [1.82, 2.24) is 0 Å². The monoisotopic (exact) mass is 253 g/mol. The average molecular weight is 254 g/mol. The summed E-state index contributed by atoms with van der Waals surface area (Å²) in [6.07, 6.45) is 0.406. The minimum absolute atomic E-state index is 0.0109. The number of nitrogens with two attached hydrogens (primary N) is 1. The molecule has 0 fully saturated rings. The van der Waals surface area contributed by atoms with E-state index in [1.807, 2.05) is 0 Å². The molecule has 1 rings (SSSR count). The molecule has 0 atom stereocenters. The molecule has 0 spiro atoms. The Bertz CT molecular complexity index is 484. The molecule has 0 aliphatic rings. The maximum Gasteiger partial charge on any atom is 0.239 e. The topological polar surface area (TPSA) is 77.2 Å². The number of halogens is 2. The Labute approximate surface area is 90.7 Å².